The Labute approximate surface area is 211 Å². The van der Waals surface area contributed by atoms with Gasteiger partial charge >= 0.3 is 0 Å². The molecular formula is C28H22ClN3O4. The summed E-state index contributed by atoms with van der Waals surface area (Å²) in [6.45, 7) is 7.47. The van der Waals surface area contributed by atoms with E-state index in [2.05, 4.69) is 9.97 Å². The van der Waals surface area contributed by atoms with Crippen LogP contribution in [0.4, 0.5) is 0 Å². The fourth-order valence-corrected chi connectivity index (χ4v) is 4.41. The SMILES string of the molecule is CCc1nc2ccc(-c3oc4c([C@@H](C)Oc5ccc(Cl)nc5C#N)cc(C)cc4c(=O)c3C)cc2o1. The highest BCUT2D eigenvalue weighted by Gasteiger charge is 2.21. The first-order valence-corrected chi connectivity index (χ1v) is 11.9. The van der Waals surface area contributed by atoms with Crippen molar-refractivity contribution in [2.75, 3.05) is 0 Å². The predicted octanol–water partition coefficient (Wildman–Crippen LogP) is 6.84. The van der Waals surface area contributed by atoms with Gasteiger partial charge < -0.3 is 13.6 Å². The Morgan fingerprint density at radius 3 is 2.67 bits per heavy atom. The molecular weight excluding hydrogens is 478 g/mol. The van der Waals surface area contributed by atoms with E-state index in [1.807, 2.05) is 57.2 Å². The minimum absolute atomic E-state index is 0.0797. The van der Waals surface area contributed by atoms with Crippen molar-refractivity contribution >= 4 is 33.7 Å². The molecule has 0 spiro atoms. The summed E-state index contributed by atoms with van der Waals surface area (Å²) in [6, 6.07) is 14.5. The summed E-state index contributed by atoms with van der Waals surface area (Å²) in [5.41, 5.74) is 4.53. The molecule has 5 rings (SSSR count). The van der Waals surface area contributed by atoms with Gasteiger partial charge in [0.25, 0.3) is 0 Å². The van der Waals surface area contributed by atoms with Crippen LogP contribution in [-0.4, -0.2) is 9.97 Å². The lowest BCUT2D eigenvalue weighted by Crippen LogP contribution is -2.11. The molecule has 0 aliphatic heterocycles. The number of nitrogens with zero attached hydrogens (tertiary/aromatic N) is 3. The van der Waals surface area contributed by atoms with E-state index in [0.29, 0.717) is 57.1 Å². The van der Waals surface area contributed by atoms with E-state index in [1.54, 1.807) is 19.1 Å². The molecule has 0 aliphatic carbocycles. The summed E-state index contributed by atoms with van der Waals surface area (Å²) >= 11 is 5.92. The second-order valence-corrected chi connectivity index (χ2v) is 9.00. The van der Waals surface area contributed by atoms with E-state index in [1.165, 1.54) is 0 Å². The number of hydrogen-bond acceptors (Lipinski definition) is 7. The normalized spacial score (nSPS) is 12.1. The number of rotatable bonds is 5. The maximum absolute atomic E-state index is 13.5. The number of oxazole rings is 1. The summed E-state index contributed by atoms with van der Waals surface area (Å²) in [5.74, 6) is 1.39. The molecule has 180 valence electrons. The Morgan fingerprint density at radius 1 is 1.11 bits per heavy atom. The van der Waals surface area contributed by atoms with Crippen molar-refractivity contribution in [3.8, 4) is 23.1 Å². The molecule has 0 aliphatic rings. The fraction of sp³-hybridized carbons (Fsp3) is 0.214. The monoisotopic (exact) mass is 499 g/mol. The van der Waals surface area contributed by atoms with E-state index >= 15 is 0 Å². The minimum atomic E-state index is -0.551. The molecule has 1 atom stereocenters. The molecule has 0 fully saturated rings. The number of aryl methyl sites for hydroxylation is 2. The van der Waals surface area contributed by atoms with Gasteiger partial charge in [-0.15, -0.1) is 0 Å². The number of pyridine rings is 1. The number of halogens is 1. The maximum Gasteiger partial charge on any atom is 0.196 e. The second-order valence-electron chi connectivity index (χ2n) is 8.61. The van der Waals surface area contributed by atoms with Gasteiger partial charge in [0.2, 0.25) is 0 Å². The van der Waals surface area contributed by atoms with Gasteiger partial charge in [0.15, 0.2) is 28.3 Å². The first-order chi connectivity index (χ1) is 17.3. The number of aromatic nitrogens is 2. The van der Waals surface area contributed by atoms with Gasteiger partial charge in [-0.05, 0) is 68.8 Å². The van der Waals surface area contributed by atoms with Gasteiger partial charge in [0, 0.05) is 23.1 Å². The topological polar surface area (TPSA) is 102 Å². The van der Waals surface area contributed by atoms with Gasteiger partial charge in [-0.1, -0.05) is 18.5 Å². The zero-order valence-corrected chi connectivity index (χ0v) is 20.9. The van der Waals surface area contributed by atoms with Crippen LogP contribution in [0.2, 0.25) is 5.15 Å². The van der Waals surface area contributed by atoms with Crippen LogP contribution in [0.5, 0.6) is 5.75 Å². The molecule has 0 N–H and O–H groups in total. The van der Waals surface area contributed by atoms with Gasteiger partial charge in [-0.25, -0.2) is 9.97 Å². The van der Waals surface area contributed by atoms with Crippen molar-refractivity contribution in [1.29, 1.82) is 5.26 Å². The first kappa shape index (κ1) is 23.6. The molecule has 0 amide bonds. The van der Waals surface area contributed by atoms with Crippen molar-refractivity contribution in [1.82, 2.24) is 9.97 Å². The third kappa shape index (κ3) is 4.10. The van der Waals surface area contributed by atoms with Crippen molar-refractivity contribution < 1.29 is 13.6 Å². The molecule has 7 nitrogen and oxygen atoms in total. The summed E-state index contributed by atoms with van der Waals surface area (Å²) in [4.78, 5) is 21.9. The molecule has 36 heavy (non-hydrogen) atoms. The third-order valence-electron chi connectivity index (χ3n) is 6.06. The van der Waals surface area contributed by atoms with E-state index in [9.17, 15) is 10.1 Å². The van der Waals surface area contributed by atoms with Gasteiger partial charge in [-0.3, -0.25) is 4.79 Å². The molecule has 2 aromatic carbocycles. The number of ether oxygens (including phenoxy) is 1. The van der Waals surface area contributed by atoms with Crippen LogP contribution in [0.1, 0.15) is 48.2 Å². The number of benzene rings is 2. The average Bonchev–Trinajstić information content (AvgIpc) is 3.29. The molecule has 3 aromatic heterocycles. The highest BCUT2D eigenvalue weighted by molar-refractivity contribution is 6.29. The van der Waals surface area contributed by atoms with E-state index < -0.39 is 6.10 Å². The standard InChI is InChI=1S/C28H22ClN3O4/c1-5-25-32-20-7-6-17(12-23(20)35-25)27-15(3)26(33)19-11-14(2)10-18(28(19)36-27)16(4)34-22-8-9-24(29)31-21(22)13-30/h6-12,16H,5H2,1-4H3/t16-/m1/s1. The number of fused-ring (bicyclic) bond motifs is 2. The second kappa shape index (κ2) is 9.14. The quantitative estimate of drug-likeness (QED) is 0.244. The van der Waals surface area contributed by atoms with Crippen LogP contribution >= 0.6 is 11.6 Å². The van der Waals surface area contributed by atoms with Crippen LogP contribution in [0.3, 0.4) is 0 Å². The smallest absolute Gasteiger partial charge is 0.196 e. The largest absolute Gasteiger partial charge is 0.483 e. The lowest BCUT2D eigenvalue weighted by Gasteiger charge is -2.18. The zero-order chi connectivity index (χ0) is 25.6. The molecule has 0 bridgehead atoms. The number of nitriles is 1. The minimum Gasteiger partial charge on any atom is -0.483 e. The van der Waals surface area contributed by atoms with Gasteiger partial charge in [0.1, 0.15) is 34.2 Å². The molecule has 5 aromatic rings. The summed E-state index contributed by atoms with van der Waals surface area (Å²) < 4.78 is 18.3. The molecule has 0 saturated heterocycles. The first-order valence-electron chi connectivity index (χ1n) is 11.5. The van der Waals surface area contributed by atoms with Crippen LogP contribution in [0.15, 0.2) is 56.1 Å². The van der Waals surface area contributed by atoms with Crippen molar-refractivity contribution in [3.63, 3.8) is 0 Å². The highest BCUT2D eigenvalue weighted by atomic mass is 35.5. The van der Waals surface area contributed by atoms with Crippen LogP contribution < -0.4 is 10.2 Å². The van der Waals surface area contributed by atoms with Crippen LogP contribution in [0.25, 0.3) is 33.4 Å². The summed E-state index contributed by atoms with van der Waals surface area (Å²) in [6.07, 6.45) is 0.135. The van der Waals surface area contributed by atoms with E-state index in [4.69, 9.17) is 25.2 Å². The zero-order valence-electron chi connectivity index (χ0n) is 20.2. The van der Waals surface area contributed by atoms with Crippen molar-refractivity contribution in [2.45, 2.75) is 40.2 Å². The molecule has 8 heteroatoms. The van der Waals surface area contributed by atoms with Crippen LogP contribution in [0, 0.1) is 25.2 Å². The predicted molar refractivity (Wildman–Crippen MR) is 137 cm³/mol. The van der Waals surface area contributed by atoms with Crippen LogP contribution in [-0.2, 0) is 6.42 Å². The summed E-state index contributed by atoms with van der Waals surface area (Å²) in [7, 11) is 0. The van der Waals surface area contributed by atoms with E-state index in [0.717, 1.165) is 11.1 Å². The Hall–Kier alpha value is -4.15. The molecule has 0 saturated carbocycles. The highest BCUT2D eigenvalue weighted by Crippen LogP contribution is 2.34. The fourth-order valence-electron chi connectivity index (χ4n) is 4.26. The third-order valence-corrected chi connectivity index (χ3v) is 6.27. The molecule has 3 heterocycles. The van der Waals surface area contributed by atoms with Crippen molar-refractivity contribution in [3.05, 3.63) is 86.1 Å². The Kier molecular flexibility index (Phi) is 5.99. The lowest BCUT2D eigenvalue weighted by molar-refractivity contribution is 0.225. The maximum atomic E-state index is 13.5. The summed E-state index contributed by atoms with van der Waals surface area (Å²) in [5, 5.41) is 10.1. The Morgan fingerprint density at radius 2 is 1.92 bits per heavy atom. The lowest BCUT2D eigenvalue weighted by atomic mass is 10.00. The number of hydrogen-bond donors (Lipinski definition) is 0. The van der Waals surface area contributed by atoms with E-state index in [-0.39, 0.29) is 16.3 Å². The van der Waals surface area contributed by atoms with Gasteiger partial charge in [0.05, 0.1) is 5.39 Å². The average molecular weight is 500 g/mol. The van der Waals surface area contributed by atoms with Crippen molar-refractivity contribution in [2.24, 2.45) is 0 Å². The Bertz CT molecular complexity index is 1750. The molecule has 0 radical (unpaired) electrons. The van der Waals surface area contributed by atoms with Gasteiger partial charge in [-0.2, -0.15) is 5.26 Å². The Balaban J connectivity index is 1.66. The molecule has 0 unspecified atom stereocenters.